The van der Waals surface area contributed by atoms with Crippen LogP contribution >= 0.6 is 11.1 Å². The molecule has 0 unspecified atom stereocenters. The van der Waals surface area contributed by atoms with Gasteiger partial charge in [-0.15, -0.1) is 0 Å². The van der Waals surface area contributed by atoms with Gasteiger partial charge in [-0.3, -0.25) is 0 Å². The fourth-order valence-electron chi connectivity index (χ4n) is 1.45. The molecule has 0 aromatic heterocycles. The summed E-state index contributed by atoms with van der Waals surface area (Å²) in [6.45, 7) is 6.90. The summed E-state index contributed by atoms with van der Waals surface area (Å²) in [6.07, 6.45) is 9.75. The van der Waals surface area contributed by atoms with Crippen LogP contribution in [0.4, 0.5) is 0 Å². The highest BCUT2D eigenvalue weighted by Gasteiger charge is 2.15. The summed E-state index contributed by atoms with van der Waals surface area (Å²) in [4.78, 5) is 0. The van der Waals surface area contributed by atoms with Gasteiger partial charge in [0.1, 0.15) is 8.83 Å². The Kier molecular flexibility index (Phi) is 8.18. The van der Waals surface area contributed by atoms with Crippen molar-refractivity contribution in [3.63, 3.8) is 0 Å². The number of hydrogen-bond acceptors (Lipinski definition) is 0. The Morgan fingerprint density at radius 3 is 2.08 bits per heavy atom. The zero-order valence-electron chi connectivity index (χ0n) is 9.53. The van der Waals surface area contributed by atoms with Crippen molar-refractivity contribution in [3.8, 4) is 0 Å². The van der Waals surface area contributed by atoms with Gasteiger partial charge in [-0.05, 0) is 11.5 Å². The molecular formula is C11H25ClSi. The van der Waals surface area contributed by atoms with Crippen LogP contribution in [-0.4, -0.2) is 8.83 Å². The Morgan fingerprint density at radius 2 is 1.54 bits per heavy atom. The summed E-state index contributed by atoms with van der Waals surface area (Å²) in [6, 6.07) is 0. The normalized spacial score (nSPS) is 12.9. The van der Waals surface area contributed by atoms with Crippen molar-refractivity contribution in [2.45, 2.75) is 70.8 Å². The van der Waals surface area contributed by atoms with Crippen LogP contribution in [0.15, 0.2) is 0 Å². The van der Waals surface area contributed by atoms with Gasteiger partial charge in [0.25, 0.3) is 0 Å². The van der Waals surface area contributed by atoms with Crippen molar-refractivity contribution in [1.29, 1.82) is 0 Å². The third-order valence-electron chi connectivity index (χ3n) is 2.57. The van der Waals surface area contributed by atoms with E-state index in [1.54, 1.807) is 0 Å². The second-order valence-corrected chi connectivity index (χ2v) is 7.80. The molecular weight excluding hydrogens is 196 g/mol. The van der Waals surface area contributed by atoms with Crippen molar-refractivity contribution in [2.75, 3.05) is 0 Å². The molecule has 0 amide bonds. The molecule has 0 saturated heterocycles. The van der Waals surface area contributed by atoms with Crippen molar-refractivity contribution in [2.24, 2.45) is 0 Å². The third kappa shape index (κ3) is 8.83. The largest absolute Gasteiger partial charge is 0.176 e. The van der Waals surface area contributed by atoms with Gasteiger partial charge in [-0.1, -0.05) is 59.3 Å². The Hall–Kier alpha value is 0.507. The van der Waals surface area contributed by atoms with Gasteiger partial charge in [0.05, 0.1) is 0 Å². The lowest BCUT2D eigenvalue weighted by Gasteiger charge is -2.20. The van der Waals surface area contributed by atoms with Crippen LogP contribution in [0.2, 0.25) is 5.04 Å². The van der Waals surface area contributed by atoms with Gasteiger partial charge in [0, 0.05) is 0 Å². The second-order valence-electron chi connectivity index (χ2n) is 4.82. The van der Waals surface area contributed by atoms with Gasteiger partial charge in [0.15, 0.2) is 0 Å². The average molecular weight is 221 g/mol. The van der Waals surface area contributed by atoms with E-state index in [4.69, 9.17) is 11.1 Å². The number of rotatable bonds is 8. The van der Waals surface area contributed by atoms with Gasteiger partial charge >= 0.3 is 0 Å². The van der Waals surface area contributed by atoms with E-state index in [0.29, 0.717) is 5.04 Å². The quantitative estimate of drug-likeness (QED) is 0.326. The van der Waals surface area contributed by atoms with E-state index in [-0.39, 0.29) is 8.83 Å². The Balaban J connectivity index is 3.16. The summed E-state index contributed by atoms with van der Waals surface area (Å²) in [5, 5.41) is 0.492. The maximum absolute atomic E-state index is 5.99. The van der Waals surface area contributed by atoms with Crippen molar-refractivity contribution >= 4 is 19.9 Å². The lowest BCUT2D eigenvalue weighted by molar-refractivity contribution is 0.527. The van der Waals surface area contributed by atoms with Crippen molar-refractivity contribution < 1.29 is 0 Å². The summed E-state index contributed by atoms with van der Waals surface area (Å²) < 4.78 is 0. The first kappa shape index (κ1) is 13.5. The third-order valence-corrected chi connectivity index (χ3v) is 5.82. The van der Waals surface area contributed by atoms with Crippen LogP contribution in [0.25, 0.3) is 0 Å². The lowest BCUT2D eigenvalue weighted by atomic mass is 10.0. The maximum atomic E-state index is 5.99. The molecule has 13 heavy (non-hydrogen) atoms. The molecule has 0 atom stereocenters. The Bertz CT molecular complexity index is 113. The predicted octanol–water partition coefficient (Wildman–Crippen LogP) is 4.26. The van der Waals surface area contributed by atoms with Crippen LogP contribution in [0.3, 0.4) is 0 Å². The monoisotopic (exact) mass is 220 g/mol. The number of halogens is 1. The molecule has 0 aliphatic heterocycles. The molecule has 0 bridgehead atoms. The first-order valence-electron chi connectivity index (χ1n) is 5.68. The number of hydrogen-bond donors (Lipinski definition) is 0. The van der Waals surface area contributed by atoms with E-state index in [1.165, 1.54) is 44.9 Å². The molecule has 0 spiro atoms. The van der Waals surface area contributed by atoms with Gasteiger partial charge in [-0.2, -0.15) is 11.1 Å². The minimum absolute atomic E-state index is 0.330. The predicted molar refractivity (Wildman–Crippen MR) is 66.4 cm³/mol. The zero-order valence-corrected chi connectivity index (χ0v) is 11.7. The van der Waals surface area contributed by atoms with Gasteiger partial charge in [0.2, 0.25) is 0 Å². The Labute approximate surface area is 91.0 Å². The fourth-order valence-corrected chi connectivity index (χ4v) is 2.24. The average Bonchev–Trinajstić information content (AvgIpc) is 2.11. The highest BCUT2D eigenvalue weighted by atomic mass is 35.6. The lowest BCUT2D eigenvalue weighted by Crippen LogP contribution is -2.07. The molecule has 0 heterocycles. The highest BCUT2D eigenvalue weighted by molar-refractivity contribution is 6.95. The standard InChI is InChI=1S/C11H25ClSi/c1-4-5-6-7-8-9-10-11(2,3)13-12/h4-10,13H2,1-3H3. The topological polar surface area (TPSA) is 0 Å². The summed E-state index contributed by atoms with van der Waals surface area (Å²) in [5.74, 6) is 0. The first-order chi connectivity index (χ1) is 6.12. The molecule has 0 aliphatic carbocycles. The molecule has 0 saturated carbocycles. The van der Waals surface area contributed by atoms with E-state index < -0.39 is 0 Å². The van der Waals surface area contributed by atoms with E-state index in [9.17, 15) is 0 Å². The summed E-state index contributed by atoms with van der Waals surface area (Å²) >= 11 is 5.99. The number of unbranched alkanes of at least 4 members (excludes halogenated alkanes) is 5. The minimum atomic E-state index is -0.330. The van der Waals surface area contributed by atoms with Crippen LogP contribution < -0.4 is 0 Å². The molecule has 80 valence electrons. The van der Waals surface area contributed by atoms with Crippen LogP contribution in [0.5, 0.6) is 0 Å². The molecule has 0 aromatic rings. The summed E-state index contributed by atoms with van der Waals surface area (Å²) in [5.41, 5.74) is 0. The van der Waals surface area contributed by atoms with Crippen LogP contribution in [0, 0.1) is 0 Å². The van der Waals surface area contributed by atoms with E-state index in [0.717, 1.165) is 0 Å². The minimum Gasteiger partial charge on any atom is -0.176 e. The molecule has 0 nitrogen and oxygen atoms in total. The van der Waals surface area contributed by atoms with Gasteiger partial charge in [-0.25, -0.2) is 0 Å². The molecule has 0 aromatic carbocycles. The SMILES string of the molecule is CCCCCCCCC(C)(C)[SiH2]Cl. The molecule has 2 heteroatoms. The van der Waals surface area contributed by atoms with Crippen LogP contribution in [-0.2, 0) is 0 Å². The smallest absolute Gasteiger partial charge is 0.130 e. The zero-order chi connectivity index (χ0) is 10.2. The van der Waals surface area contributed by atoms with E-state index in [2.05, 4.69) is 20.8 Å². The Morgan fingerprint density at radius 1 is 1.00 bits per heavy atom. The maximum Gasteiger partial charge on any atom is 0.130 e. The van der Waals surface area contributed by atoms with Crippen LogP contribution in [0.1, 0.15) is 65.7 Å². The van der Waals surface area contributed by atoms with E-state index >= 15 is 0 Å². The molecule has 0 N–H and O–H groups in total. The fraction of sp³-hybridized carbons (Fsp3) is 1.00. The molecule has 0 rings (SSSR count). The molecule has 0 aliphatic rings. The van der Waals surface area contributed by atoms with Crippen molar-refractivity contribution in [3.05, 3.63) is 0 Å². The molecule has 0 radical (unpaired) electrons. The van der Waals surface area contributed by atoms with Crippen molar-refractivity contribution in [1.82, 2.24) is 0 Å². The highest BCUT2D eigenvalue weighted by Crippen LogP contribution is 2.31. The summed E-state index contributed by atoms with van der Waals surface area (Å²) in [7, 11) is -0.330. The van der Waals surface area contributed by atoms with E-state index in [1.807, 2.05) is 0 Å². The second kappa shape index (κ2) is 7.87. The first-order valence-corrected chi connectivity index (χ1v) is 8.53. The molecule has 0 fully saturated rings. The van der Waals surface area contributed by atoms with Gasteiger partial charge < -0.3 is 0 Å².